The minimum Gasteiger partial charge on any atom is -0.598 e. The van der Waals surface area contributed by atoms with Gasteiger partial charge in [0.25, 0.3) is 5.91 Å². The van der Waals surface area contributed by atoms with Crippen LogP contribution in [0.1, 0.15) is 49.5 Å². The summed E-state index contributed by atoms with van der Waals surface area (Å²) in [6.45, 7) is 5.09. The first-order chi connectivity index (χ1) is 23.2. The number of hydrogen-bond donors (Lipinski definition) is 1. The Morgan fingerprint density at radius 3 is 2.41 bits per heavy atom. The number of rotatable bonds is 10. The molecule has 9 nitrogen and oxygen atoms in total. The first-order valence-electron chi connectivity index (χ1n) is 16.4. The van der Waals surface area contributed by atoms with Crippen molar-refractivity contribution in [1.29, 1.82) is 0 Å². The topological polar surface area (TPSA) is 112 Å². The molecule has 3 aromatic carbocycles. The molecule has 13 heteroatoms. The zero-order valence-corrected chi connectivity index (χ0v) is 29.5. The second kappa shape index (κ2) is 12.2. The van der Waals surface area contributed by atoms with E-state index in [1.807, 2.05) is 29.8 Å². The van der Waals surface area contributed by atoms with Crippen molar-refractivity contribution in [2.75, 3.05) is 13.1 Å². The van der Waals surface area contributed by atoms with Crippen molar-refractivity contribution < 1.29 is 26.5 Å². The van der Waals surface area contributed by atoms with Crippen LogP contribution in [0.4, 0.5) is 8.78 Å². The van der Waals surface area contributed by atoms with Gasteiger partial charge < -0.3 is 18.6 Å². The van der Waals surface area contributed by atoms with Crippen molar-refractivity contribution in [3.05, 3.63) is 83.9 Å². The van der Waals surface area contributed by atoms with E-state index in [1.54, 1.807) is 26.8 Å². The number of nitrogens with zero attached hydrogens (tertiary/aromatic N) is 4. The fourth-order valence-corrected chi connectivity index (χ4v) is 8.70. The molecule has 1 aliphatic carbocycles. The number of aromatic nitrogens is 3. The molecule has 2 atom stereocenters. The Kier molecular flexibility index (Phi) is 8.40. The Morgan fingerprint density at radius 1 is 1.02 bits per heavy atom. The third-order valence-corrected chi connectivity index (χ3v) is 13.0. The molecule has 2 aromatic heterocycles. The van der Waals surface area contributed by atoms with E-state index in [4.69, 9.17) is 4.98 Å². The molecular formula is C36H39F2N5O4S2. The summed E-state index contributed by atoms with van der Waals surface area (Å²) in [5.74, 6) is 0.881. The number of amides is 1. The highest BCUT2D eigenvalue weighted by Gasteiger charge is 2.56. The third-order valence-electron chi connectivity index (χ3n) is 9.48. The second-order valence-electron chi connectivity index (χ2n) is 14.1. The molecule has 1 fully saturated rings. The highest BCUT2D eigenvalue weighted by atomic mass is 32.2. The van der Waals surface area contributed by atoms with E-state index in [2.05, 4.69) is 27.5 Å². The molecule has 0 saturated heterocycles. The number of para-hydroxylation sites is 1. The normalized spacial score (nSPS) is 17.1. The van der Waals surface area contributed by atoms with Crippen molar-refractivity contribution in [1.82, 2.24) is 23.7 Å². The van der Waals surface area contributed by atoms with Gasteiger partial charge in [-0.05, 0) is 87.9 Å². The Bertz CT molecular complexity index is 2170. The number of sulfone groups is 1. The van der Waals surface area contributed by atoms with E-state index in [-0.39, 0.29) is 6.54 Å². The molecule has 0 radical (unpaired) electrons. The van der Waals surface area contributed by atoms with Crippen LogP contribution < -0.4 is 4.72 Å². The van der Waals surface area contributed by atoms with Crippen molar-refractivity contribution in [3.63, 3.8) is 0 Å². The van der Waals surface area contributed by atoms with Crippen LogP contribution in [-0.4, -0.2) is 67.0 Å². The van der Waals surface area contributed by atoms with Crippen LogP contribution in [0.25, 0.3) is 33.5 Å². The number of alkyl halides is 2. The zero-order chi connectivity index (χ0) is 34.9. The largest absolute Gasteiger partial charge is 0.598 e. The minimum absolute atomic E-state index is 0.0828. The maximum absolute atomic E-state index is 16.1. The van der Waals surface area contributed by atoms with Gasteiger partial charge in [0.05, 0.1) is 21.6 Å². The maximum Gasteiger partial charge on any atom is 0.370 e. The van der Waals surface area contributed by atoms with E-state index in [1.165, 1.54) is 35.9 Å². The number of halogens is 2. The molecule has 0 spiro atoms. The Hall–Kier alpha value is -3.78. The summed E-state index contributed by atoms with van der Waals surface area (Å²) in [5.41, 5.74) is 4.65. The predicted octanol–water partition coefficient (Wildman–Crippen LogP) is 6.09. The van der Waals surface area contributed by atoms with E-state index < -0.39 is 54.6 Å². The van der Waals surface area contributed by atoms with Crippen molar-refractivity contribution in [3.8, 4) is 11.5 Å². The summed E-state index contributed by atoms with van der Waals surface area (Å²) < 4.78 is 77.7. The van der Waals surface area contributed by atoms with Gasteiger partial charge in [-0.2, -0.15) is 8.78 Å². The summed E-state index contributed by atoms with van der Waals surface area (Å²) in [7, 11) is -3.26. The van der Waals surface area contributed by atoms with Gasteiger partial charge in [0.1, 0.15) is 10.8 Å². The third kappa shape index (κ3) is 6.04. The summed E-state index contributed by atoms with van der Waals surface area (Å²) in [4.78, 5) is 19.6. The number of imidazole rings is 1. The van der Waals surface area contributed by atoms with Gasteiger partial charge in [-0.25, -0.2) is 13.4 Å². The average Bonchev–Trinajstić information content (AvgIpc) is 3.74. The Labute approximate surface area is 287 Å². The lowest BCUT2D eigenvalue weighted by atomic mass is 9.97. The van der Waals surface area contributed by atoms with Crippen LogP contribution in [0.2, 0.25) is 0 Å². The van der Waals surface area contributed by atoms with Crippen LogP contribution in [0.3, 0.4) is 0 Å². The standard InChI is InChI=1S/C36H39F2N5O4S2/c1-35(2,3)48(45)40-32(36(37,38)49(46,47)26-11-6-5-7-12-26)22-42-17-16-24-18-30-28(20-27(24)34(42)44)39-33(41(30)4)31-19-25-10-8-9-13-29(25)43(31)21-23-14-15-23/h5-13,18-20,23,32,40H,14-17,21-22H2,1-4H3/t32?,48-/m1/s1. The summed E-state index contributed by atoms with van der Waals surface area (Å²) in [6.07, 6.45) is 2.77. The second-order valence-corrected chi connectivity index (χ2v) is 18.1. The zero-order valence-electron chi connectivity index (χ0n) is 27.8. The number of fused-ring (bicyclic) bond motifs is 3. The lowest BCUT2D eigenvalue weighted by Gasteiger charge is -2.36. The summed E-state index contributed by atoms with van der Waals surface area (Å²) >= 11 is -2.06. The van der Waals surface area contributed by atoms with Gasteiger partial charge in [-0.15, -0.1) is 4.72 Å². The van der Waals surface area contributed by atoms with Crippen LogP contribution in [0.5, 0.6) is 0 Å². The number of aryl methyl sites for hydroxylation is 1. The lowest BCUT2D eigenvalue weighted by molar-refractivity contribution is 0.0351. The van der Waals surface area contributed by atoms with E-state index in [0.717, 1.165) is 52.2 Å². The molecule has 1 unspecified atom stereocenters. The first kappa shape index (κ1) is 33.7. The average molecular weight is 708 g/mol. The molecule has 1 saturated carbocycles. The highest BCUT2D eigenvalue weighted by molar-refractivity contribution is 7.93. The van der Waals surface area contributed by atoms with E-state index >= 15 is 8.78 Å². The van der Waals surface area contributed by atoms with Crippen LogP contribution in [-0.2, 0) is 41.2 Å². The number of carbonyl (C=O) groups is 1. The van der Waals surface area contributed by atoms with Gasteiger partial charge in [0.15, 0.2) is 5.82 Å². The van der Waals surface area contributed by atoms with Crippen LogP contribution in [0.15, 0.2) is 77.7 Å². The Morgan fingerprint density at radius 2 is 1.71 bits per heavy atom. The molecule has 2 aliphatic rings. The first-order valence-corrected chi connectivity index (χ1v) is 19.0. The van der Waals surface area contributed by atoms with Crippen molar-refractivity contribution in [2.45, 2.75) is 67.5 Å². The van der Waals surface area contributed by atoms with Crippen LogP contribution >= 0.6 is 0 Å². The van der Waals surface area contributed by atoms with Gasteiger partial charge in [0.2, 0.25) is 9.84 Å². The fourth-order valence-electron chi connectivity index (χ4n) is 6.45. The van der Waals surface area contributed by atoms with Crippen LogP contribution in [0, 0.1) is 5.92 Å². The molecule has 258 valence electrons. The quantitative estimate of drug-likeness (QED) is 0.176. The molecular weight excluding hydrogens is 669 g/mol. The van der Waals surface area contributed by atoms with Crippen molar-refractivity contribution in [2.24, 2.45) is 13.0 Å². The summed E-state index contributed by atoms with van der Waals surface area (Å²) in [6, 6.07) is 18.3. The molecule has 1 amide bonds. The van der Waals surface area contributed by atoms with Crippen molar-refractivity contribution >= 4 is 49.0 Å². The molecule has 0 bridgehead atoms. The Balaban J connectivity index is 1.23. The maximum atomic E-state index is 16.1. The van der Waals surface area contributed by atoms with Gasteiger partial charge in [-0.1, -0.05) is 36.4 Å². The smallest absolute Gasteiger partial charge is 0.370 e. The molecule has 7 rings (SSSR count). The molecule has 5 aromatic rings. The van der Waals surface area contributed by atoms with Gasteiger partial charge in [-0.3, -0.25) is 4.79 Å². The number of hydrogen-bond acceptors (Lipinski definition) is 6. The van der Waals surface area contributed by atoms with E-state index in [9.17, 15) is 17.8 Å². The predicted molar refractivity (Wildman–Crippen MR) is 187 cm³/mol. The molecule has 49 heavy (non-hydrogen) atoms. The molecule has 1 N–H and O–H groups in total. The monoisotopic (exact) mass is 707 g/mol. The van der Waals surface area contributed by atoms with Gasteiger partial charge in [0, 0.05) is 54.5 Å². The van der Waals surface area contributed by atoms with Gasteiger partial charge >= 0.3 is 5.25 Å². The lowest BCUT2D eigenvalue weighted by Crippen LogP contribution is -2.60. The minimum atomic E-state index is -5.22. The number of carbonyl (C=O) groups excluding carboxylic acids is 1. The number of benzene rings is 3. The van der Waals surface area contributed by atoms with E-state index in [0.29, 0.717) is 23.4 Å². The fraction of sp³-hybridized carbons (Fsp3) is 0.389. The molecule has 3 heterocycles. The summed E-state index contributed by atoms with van der Waals surface area (Å²) in [5, 5.41) is -3.27. The number of nitrogens with one attached hydrogen (secondary N) is 1. The SMILES string of the molecule is Cn1c(-c2cc3ccccc3n2CC2CC2)nc2cc3c(cc21)CCN(CC(N[S@+]([O-])C(C)(C)C)C(F)(F)S(=O)(=O)c1ccccc1)C3=O. The molecule has 1 aliphatic heterocycles. The highest BCUT2D eigenvalue weighted by Crippen LogP contribution is 2.38.